The normalized spacial score (nSPS) is 11.3. The summed E-state index contributed by atoms with van der Waals surface area (Å²) < 4.78 is 4.05. The average molecular weight is 388 g/mol. The Morgan fingerprint density at radius 2 is 2.03 bits per heavy atom. The maximum atomic E-state index is 12.7. The van der Waals surface area contributed by atoms with Gasteiger partial charge in [0.2, 0.25) is 0 Å². The van der Waals surface area contributed by atoms with E-state index in [0.29, 0.717) is 12.2 Å². The van der Waals surface area contributed by atoms with Crippen LogP contribution in [0.4, 0.5) is 0 Å². The number of carbonyl (C=O) groups excluding carboxylic acids is 1. The van der Waals surface area contributed by atoms with Crippen LogP contribution >= 0.6 is 0 Å². The molecule has 0 saturated carbocycles. The van der Waals surface area contributed by atoms with E-state index in [0.717, 1.165) is 35.6 Å². The molecule has 0 aliphatic carbocycles. The quantitative estimate of drug-likeness (QED) is 0.528. The molecule has 0 atom stereocenters. The predicted molar refractivity (Wildman–Crippen MR) is 113 cm³/mol. The molecule has 0 unspecified atom stereocenters. The minimum atomic E-state index is -0.156. The van der Waals surface area contributed by atoms with E-state index in [4.69, 9.17) is 0 Å². The molecule has 0 saturated heterocycles. The monoisotopic (exact) mass is 388 g/mol. The van der Waals surface area contributed by atoms with Gasteiger partial charge in [-0.25, -0.2) is 4.98 Å². The fourth-order valence-electron chi connectivity index (χ4n) is 3.26. The number of nitrogens with one attached hydrogen (secondary N) is 1. The predicted octanol–water partition coefficient (Wildman–Crippen LogP) is 2.54. The van der Waals surface area contributed by atoms with E-state index < -0.39 is 0 Å². The summed E-state index contributed by atoms with van der Waals surface area (Å²) in [5, 5.41) is 2.96. The second-order valence-electron chi connectivity index (χ2n) is 7.23. The third-order valence-electron chi connectivity index (χ3n) is 4.70. The third-order valence-corrected chi connectivity index (χ3v) is 4.70. The molecule has 1 amide bonds. The number of rotatable bonds is 7. The van der Waals surface area contributed by atoms with Crippen LogP contribution in [0.3, 0.4) is 0 Å². The lowest BCUT2D eigenvalue weighted by Crippen LogP contribution is -2.31. The maximum Gasteiger partial charge on any atom is 0.272 e. The summed E-state index contributed by atoms with van der Waals surface area (Å²) in [6.45, 7) is 2.09. The molecule has 4 heterocycles. The second-order valence-corrected chi connectivity index (χ2v) is 7.23. The highest BCUT2D eigenvalue weighted by atomic mass is 16.1. The molecule has 0 spiro atoms. The fourth-order valence-corrected chi connectivity index (χ4v) is 3.26. The molecule has 0 aliphatic rings. The van der Waals surface area contributed by atoms with Gasteiger partial charge in [-0.15, -0.1) is 0 Å². The van der Waals surface area contributed by atoms with Crippen molar-refractivity contribution in [3.63, 3.8) is 0 Å². The average Bonchev–Trinajstić information content (AvgIpc) is 3.33. The van der Waals surface area contributed by atoms with Crippen LogP contribution in [0.5, 0.6) is 0 Å². The molecular formula is C22H24N6O. The fraction of sp³-hybridized carbons (Fsp3) is 0.227. The Labute approximate surface area is 169 Å². The molecule has 0 fully saturated rings. The molecule has 0 radical (unpaired) electrons. The molecule has 29 heavy (non-hydrogen) atoms. The van der Waals surface area contributed by atoms with Gasteiger partial charge in [0, 0.05) is 56.2 Å². The molecular weight excluding hydrogens is 364 g/mol. The zero-order chi connectivity index (χ0) is 20.2. The first-order valence-electron chi connectivity index (χ1n) is 9.57. The maximum absolute atomic E-state index is 12.7. The summed E-state index contributed by atoms with van der Waals surface area (Å²) in [5.41, 5.74) is 3.33. The second kappa shape index (κ2) is 8.28. The Bertz CT molecular complexity index is 1110. The number of hydrogen-bond donors (Lipinski definition) is 1. The van der Waals surface area contributed by atoms with Gasteiger partial charge in [-0.2, -0.15) is 0 Å². The van der Waals surface area contributed by atoms with Gasteiger partial charge in [0.15, 0.2) is 5.69 Å². The number of pyridine rings is 2. The summed E-state index contributed by atoms with van der Waals surface area (Å²) in [7, 11) is 3.96. The van der Waals surface area contributed by atoms with Gasteiger partial charge < -0.3 is 14.8 Å². The molecule has 4 aromatic heterocycles. The molecule has 4 rings (SSSR count). The first-order chi connectivity index (χ1) is 14.1. The van der Waals surface area contributed by atoms with Crippen molar-refractivity contribution < 1.29 is 4.79 Å². The van der Waals surface area contributed by atoms with Crippen LogP contribution in [0.15, 0.2) is 67.4 Å². The number of aromatic nitrogens is 4. The first-order valence-corrected chi connectivity index (χ1v) is 9.57. The standard InChI is InChI=1S/C22H24N6O/c1-26(2)13-10-24-22(29)20-19-7-3-4-11-28(19)21(25-20)18-8-12-27(16-18)15-17-6-5-9-23-14-17/h3-9,11-12,14,16H,10,13,15H2,1-2H3,(H,24,29). The molecule has 1 N–H and O–H groups in total. The van der Waals surface area contributed by atoms with Crippen LogP contribution in [-0.2, 0) is 6.54 Å². The smallest absolute Gasteiger partial charge is 0.272 e. The SMILES string of the molecule is CN(C)CCNC(=O)c1nc(-c2ccn(Cc3cccnc3)c2)n2ccccc12. The Kier molecular flexibility index (Phi) is 5.39. The number of amides is 1. The summed E-state index contributed by atoms with van der Waals surface area (Å²) in [6.07, 6.45) is 9.63. The van der Waals surface area contributed by atoms with E-state index in [9.17, 15) is 4.79 Å². The number of carbonyl (C=O) groups is 1. The topological polar surface area (TPSA) is 67.5 Å². The van der Waals surface area contributed by atoms with E-state index >= 15 is 0 Å². The van der Waals surface area contributed by atoms with Gasteiger partial charge in [0.1, 0.15) is 5.82 Å². The number of hydrogen-bond acceptors (Lipinski definition) is 4. The van der Waals surface area contributed by atoms with Crippen LogP contribution in [0.25, 0.3) is 16.9 Å². The van der Waals surface area contributed by atoms with Crippen LogP contribution in [0.1, 0.15) is 16.1 Å². The Hall–Kier alpha value is -3.45. The Morgan fingerprint density at radius 1 is 1.14 bits per heavy atom. The lowest BCUT2D eigenvalue weighted by atomic mass is 10.3. The van der Waals surface area contributed by atoms with Gasteiger partial charge in [0.05, 0.1) is 5.52 Å². The van der Waals surface area contributed by atoms with Crippen molar-refractivity contribution in [3.8, 4) is 11.4 Å². The van der Waals surface area contributed by atoms with Crippen LogP contribution in [-0.4, -0.2) is 56.9 Å². The lowest BCUT2D eigenvalue weighted by Gasteiger charge is -2.09. The first kappa shape index (κ1) is 18.9. The highest BCUT2D eigenvalue weighted by molar-refractivity contribution is 6.00. The number of fused-ring (bicyclic) bond motifs is 1. The zero-order valence-corrected chi connectivity index (χ0v) is 16.6. The Balaban J connectivity index is 1.62. The van der Waals surface area contributed by atoms with E-state index in [1.165, 1.54) is 0 Å². The Morgan fingerprint density at radius 3 is 2.83 bits per heavy atom. The number of imidazole rings is 1. The largest absolute Gasteiger partial charge is 0.349 e. The summed E-state index contributed by atoms with van der Waals surface area (Å²) in [4.78, 5) is 23.6. The highest BCUT2D eigenvalue weighted by Crippen LogP contribution is 2.23. The molecule has 7 heteroatoms. The van der Waals surface area contributed by atoms with Crippen molar-refractivity contribution in [1.82, 2.24) is 29.2 Å². The number of nitrogens with zero attached hydrogens (tertiary/aromatic N) is 5. The molecule has 7 nitrogen and oxygen atoms in total. The molecule has 148 valence electrons. The van der Waals surface area contributed by atoms with E-state index in [1.807, 2.05) is 84.6 Å². The van der Waals surface area contributed by atoms with Gasteiger partial charge in [-0.3, -0.25) is 14.2 Å². The zero-order valence-electron chi connectivity index (χ0n) is 16.6. The van der Waals surface area contributed by atoms with Crippen molar-refractivity contribution in [3.05, 3.63) is 78.6 Å². The van der Waals surface area contributed by atoms with Gasteiger partial charge in [-0.1, -0.05) is 12.1 Å². The summed E-state index contributed by atoms with van der Waals surface area (Å²) in [6, 6.07) is 11.8. The van der Waals surface area contributed by atoms with E-state index in [-0.39, 0.29) is 5.91 Å². The van der Waals surface area contributed by atoms with Crippen LogP contribution in [0.2, 0.25) is 0 Å². The van der Waals surface area contributed by atoms with Crippen molar-refractivity contribution >= 4 is 11.4 Å². The van der Waals surface area contributed by atoms with Crippen LogP contribution < -0.4 is 5.32 Å². The molecule has 4 aromatic rings. The summed E-state index contributed by atoms with van der Waals surface area (Å²) >= 11 is 0. The van der Waals surface area contributed by atoms with Gasteiger partial charge >= 0.3 is 0 Å². The van der Waals surface area contributed by atoms with Crippen molar-refractivity contribution in [2.24, 2.45) is 0 Å². The lowest BCUT2D eigenvalue weighted by molar-refractivity contribution is 0.0948. The highest BCUT2D eigenvalue weighted by Gasteiger charge is 2.18. The van der Waals surface area contributed by atoms with Gasteiger partial charge in [-0.05, 0) is 43.9 Å². The van der Waals surface area contributed by atoms with E-state index in [1.54, 1.807) is 6.20 Å². The van der Waals surface area contributed by atoms with Crippen LogP contribution in [0, 0.1) is 0 Å². The molecule has 0 aliphatic heterocycles. The number of likely N-dealkylation sites (N-methyl/N-ethyl adjacent to an activating group) is 1. The minimum absolute atomic E-state index is 0.156. The molecule has 0 bridgehead atoms. The third kappa shape index (κ3) is 4.20. The van der Waals surface area contributed by atoms with Crippen molar-refractivity contribution in [2.75, 3.05) is 27.2 Å². The van der Waals surface area contributed by atoms with E-state index in [2.05, 4.69) is 19.9 Å². The van der Waals surface area contributed by atoms with Crippen molar-refractivity contribution in [2.45, 2.75) is 6.54 Å². The molecule has 0 aromatic carbocycles. The van der Waals surface area contributed by atoms with Crippen molar-refractivity contribution in [1.29, 1.82) is 0 Å². The minimum Gasteiger partial charge on any atom is -0.349 e. The summed E-state index contributed by atoms with van der Waals surface area (Å²) in [5.74, 6) is 0.597. The van der Waals surface area contributed by atoms with Gasteiger partial charge in [0.25, 0.3) is 5.91 Å².